The molecule has 1 saturated heterocycles. The zero-order valence-electron chi connectivity index (χ0n) is 18.0. The van der Waals surface area contributed by atoms with Crippen molar-refractivity contribution in [3.05, 3.63) is 54.1 Å². The largest absolute Gasteiger partial charge is 0.435 e. The summed E-state index contributed by atoms with van der Waals surface area (Å²) in [6.45, 7) is 0.342. The average Bonchev–Trinajstić information content (AvgIpc) is 2.78. The first-order chi connectivity index (χ1) is 15.9. The van der Waals surface area contributed by atoms with E-state index < -0.39 is 19.1 Å². The van der Waals surface area contributed by atoms with Gasteiger partial charge in [-0.2, -0.15) is 17.6 Å². The van der Waals surface area contributed by atoms with E-state index in [2.05, 4.69) is 31.5 Å². The van der Waals surface area contributed by atoms with E-state index in [0.29, 0.717) is 5.69 Å². The number of nitrogens with zero attached hydrogens (tertiary/aromatic N) is 2. The molecule has 0 aliphatic carbocycles. The molecule has 1 aliphatic heterocycles. The third-order valence-corrected chi connectivity index (χ3v) is 5.16. The quantitative estimate of drug-likeness (QED) is 0.429. The number of amides is 1. The summed E-state index contributed by atoms with van der Waals surface area (Å²) < 4.78 is 58.8. The summed E-state index contributed by atoms with van der Waals surface area (Å²) in [5.41, 5.74) is 1.63. The molecule has 1 heterocycles. The van der Waals surface area contributed by atoms with Crippen molar-refractivity contribution in [2.45, 2.75) is 20.1 Å². The number of ether oxygens (including phenoxy) is 2. The van der Waals surface area contributed by atoms with Crippen LogP contribution in [0.2, 0.25) is 0 Å². The highest BCUT2D eigenvalue weighted by Crippen LogP contribution is 2.29. The number of carbonyl (C=O) groups excluding carboxylic acids is 1. The molecular formula is C23H25F4N3O3. The highest BCUT2D eigenvalue weighted by Gasteiger charge is 2.18. The first-order valence-electron chi connectivity index (χ1n) is 10.4. The fourth-order valence-corrected chi connectivity index (χ4v) is 3.53. The highest BCUT2D eigenvalue weighted by atomic mass is 19.3. The van der Waals surface area contributed by atoms with Crippen LogP contribution in [-0.4, -0.2) is 56.8 Å². The Morgan fingerprint density at radius 1 is 1.03 bits per heavy atom. The van der Waals surface area contributed by atoms with Crippen LogP contribution < -0.4 is 19.7 Å². The van der Waals surface area contributed by atoms with E-state index in [-0.39, 0.29) is 17.1 Å². The van der Waals surface area contributed by atoms with Crippen molar-refractivity contribution in [2.24, 2.45) is 0 Å². The van der Waals surface area contributed by atoms with Crippen LogP contribution in [0.15, 0.2) is 48.5 Å². The summed E-state index contributed by atoms with van der Waals surface area (Å²) in [7, 11) is 0. The van der Waals surface area contributed by atoms with Gasteiger partial charge in [0, 0.05) is 43.9 Å². The highest BCUT2D eigenvalue weighted by molar-refractivity contribution is 6.04. The minimum atomic E-state index is -3.17. The van der Waals surface area contributed by atoms with Gasteiger partial charge in [0.15, 0.2) is 0 Å². The van der Waals surface area contributed by atoms with Crippen LogP contribution in [0.4, 0.5) is 28.9 Å². The monoisotopic (exact) mass is 467 g/mol. The van der Waals surface area contributed by atoms with Gasteiger partial charge in [-0.25, -0.2) is 0 Å². The average molecular weight is 467 g/mol. The number of rotatable bonds is 9. The standard InChI is InChI=1S/C23H25F4N3O3/c1-2-29-11-13-30(14-12-29)19-6-4-3-5-18(19)28-21(31)10-8-16-7-9-17(32-22(24)25)15-20(16)33-23(26)27/h3-10,15,22-23H,2,11-14H2,1H3,(H,28,31)/b10-8+. The molecule has 0 saturated carbocycles. The molecule has 6 nitrogen and oxygen atoms in total. The lowest BCUT2D eigenvalue weighted by atomic mass is 10.1. The van der Waals surface area contributed by atoms with Gasteiger partial charge in [-0.15, -0.1) is 0 Å². The van der Waals surface area contributed by atoms with Gasteiger partial charge in [-0.1, -0.05) is 19.1 Å². The van der Waals surface area contributed by atoms with Crippen molar-refractivity contribution in [3.8, 4) is 11.5 Å². The maximum absolute atomic E-state index is 12.7. The molecule has 0 spiro atoms. The van der Waals surface area contributed by atoms with Gasteiger partial charge in [-0.3, -0.25) is 4.79 Å². The second-order valence-corrected chi connectivity index (χ2v) is 7.22. The number of carbonyl (C=O) groups is 1. The van der Waals surface area contributed by atoms with Gasteiger partial charge in [-0.05, 0) is 36.9 Å². The topological polar surface area (TPSA) is 54.0 Å². The lowest BCUT2D eigenvalue weighted by molar-refractivity contribution is -0.111. The number of alkyl halides is 4. The van der Waals surface area contributed by atoms with Gasteiger partial charge < -0.3 is 24.6 Å². The Morgan fingerprint density at radius 2 is 1.73 bits per heavy atom. The molecule has 2 aromatic carbocycles. The molecule has 1 fully saturated rings. The van der Waals surface area contributed by atoms with Crippen molar-refractivity contribution >= 4 is 23.4 Å². The van der Waals surface area contributed by atoms with Crippen LogP contribution in [0.5, 0.6) is 11.5 Å². The first kappa shape index (κ1) is 24.4. The molecule has 33 heavy (non-hydrogen) atoms. The van der Waals surface area contributed by atoms with Gasteiger partial charge in [0.25, 0.3) is 0 Å². The molecule has 0 atom stereocenters. The zero-order valence-corrected chi connectivity index (χ0v) is 18.0. The van der Waals surface area contributed by atoms with E-state index in [4.69, 9.17) is 0 Å². The first-order valence-corrected chi connectivity index (χ1v) is 10.4. The molecule has 0 unspecified atom stereocenters. The van der Waals surface area contributed by atoms with Crippen molar-refractivity contribution in [3.63, 3.8) is 0 Å². The summed E-state index contributed by atoms with van der Waals surface area (Å²) in [5.74, 6) is -1.20. The molecule has 1 N–H and O–H groups in total. The van der Waals surface area contributed by atoms with Crippen LogP contribution in [0, 0.1) is 0 Å². The van der Waals surface area contributed by atoms with Crippen LogP contribution in [-0.2, 0) is 4.79 Å². The maximum Gasteiger partial charge on any atom is 0.387 e. The van der Waals surface area contributed by atoms with Crippen molar-refractivity contribution < 1.29 is 31.8 Å². The van der Waals surface area contributed by atoms with Crippen molar-refractivity contribution in [1.29, 1.82) is 0 Å². The van der Waals surface area contributed by atoms with E-state index in [1.54, 1.807) is 12.1 Å². The fourth-order valence-electron chi connectivity index (χ4n) is 3.53. The predicted molar refractivity (Wildman–Crippen MR) is 118 cm³/mol. The van der Waals surface area contributed by atoms with Crippen LogP contribution in [0.1, 0.15) is 12.5 Å². The SMILES string of the molecule is CCN1CCN(c2ccccc2NC(=O)/C=C/c2ccc(OC(F)F)cc2OC(F)F)CC1. The van der Waals surface area contributed by atoms with Crippen molar-refractivity contribution in [2.75, 3.05) is 42.9 Å². The van der Waals surface area contributed by atoms with Crippen LogP contribution in [0.3, 0.4) is 0 Å². The maximum atomic E-state index is 12.7. The van der Waals surface area contributed by atoms with Gasteiger partial charge in [0.05, 0.1) is 11.4 Å². The van der Waals surface area contributed by atoms with E-state index in [1.807, 2.05) is 12.1 Å². The Balaban J connectivity index is 1.72. The molecular weight excluding hydrogens is 442 g/mol. The molecule has 178 valence electrons. The Morgan fingerprint density at radius 3 is 2.39 bits per heavy atom. The van der Waals surface area contributed by atoms with E-state index in [9.17, 15) is 22.4 Å². The summed E-state index contributed by atoms with van der Waals surface area (Å²) in [6.07, 6.45) is 2.43. The predicted octanol–water partition coefficient (Wildman–Crippen LogP) is 4.68. The smallest absolute Gasteiger partial charge is 0.387 e. The second kappa shape index (κ2) is 11.6. The summed E-state index contributed by atoms with van der Waals surface area (Å²) in [5, 5.41) is 2.81. The molecule has 0 radical (unpaired) electrons. The number of nitrogens with one attached hydrogen (secondary N) is 1. The molecule has 10 heteroatoms. The third-order valence-electron chi connectivity index (χ3n) is 5.16. The number of piperazine rings is 1. The second-order valence-electron chi connectivity index (χ2n) is 7.22. The van der Waals surface area contributed by atoms with Gasteiger partial charge >= 0.3 is 13.2 Å². The normalized spacial score (nSPS) is 14.8. The number of halogens is 4. The number of likely N-dealkylation sites (N-methyl/N-ethyl adjacent to an activating group) is 1. The van der Waals surface area contributed by atoms with E-state index in [0.717, 1.165) is 50.6 Å². The summed E-state index contributed by atoms with van der Waals surface area (Å²) in [6, 6.07) is 10.8. The van der Waals surface area contributed by atoms with Gasteiger partial charge in [0.1, 0.15) is 11.5 Å². The van der Waals surface area contributed by atoms with Gasteiger partial charge in [0.2, 0.25) is 5.91 Å². The molecule has 1 amide bonds. The number of anilines is 2. The van der Waals surface area contributed by atoms with E-state index >= 15 is 0 Å². The molecule has 0 aromatic heterocycles. The molecule has 1 aliphatic rings. The number of hydrogen-bond acceptors (Lipinski definition) is 5. The number of benzene rings is 2. The minimum Gasteiger partial charge on any atom is -0.435 e. The Kier molecular flexibility index (Phi) is 8.53. The minimum absolute atomic E-state index is 0.107. The molecule has 2 aromatic rings. The Labute approximate surface area is 189 Å². The van der Waals surface area contributed by atoms with E-state index in [1.165, 1.54) is 18.2 Å². The fraction of sp³-hybridized carbons (Fsp3) is 0.348. The number of hydrogen-bond donors (Lipinski definition) is 1. The van der Waals surface area contributed by atoms with Crippen LogP contribution >= 0.6 is 0 Å². The molecule has 0 bridgehead atoms. The summed E-state index contributed by atoms with van der Waals surface area (Å²) >= 11 is 0. The third kappa shape index (κ3) is 7.11. The Hall–Kier alpha value is -3.27. The van der Waals surface area contributed by atoms with Crippen LogP contribution in [0.25, 0.3) is 6.08 Å². The Bertz CT molecular complexity index is 964. The lowest BCUT2D eigenvalue weighted by Gasteiger charge is -2.36. The summed E-state index contributed by atoms with van der Waals surface area (Å²) in [4.78, 5) is 17.1. The number of para-hydroxylation sites is 2. The molecule has 3 rings (SSSR count). The zero-order chi connectivity index (χ0) is 23.8. The van der Waals surface area contributed by atoms with Crippen molar-refractivity contribution in [1.82, 2.24) is 4.90 Å². The lowest BCUT2D eigenvalue weighted by Crippen LogP contribution is -2.46.